The molecule has 0 aliphatic rings. The van der Waals surface area contributed by atoms with Crippen LogP contribution in [0, 0.1) is 0 Å². The zero-order chi connectivity index (χ0) is 12.7. The first-order valence-electron chi connectivity index (χ1n) is 5.88. The number of carbonyl (C=O) groups excluding carboxylic acids is 1. The number of aliphatic hydroxyl groups is 1. The molecule has 1 rings (SSSR count). The molecule has 0 saturated heterocycles. The number of aliphatic hydroxyl groups excluding tert-OH is 1. The Morgan fingerprint density at radius 3 is 2.88 bits per heavy atom. The van der Waals surface area contributed by atoms with E-state index in [2.05, 4.69) is 10.6 Å². The summed E-state index contributed by atoms with van der Waals surface area (Å²) in [5.41, 5.74) is 1.52. The van der Waals surface area contributed by atoms with Gasteiger partial charge < -0.3 is 15.7 Å². The number of carbonyl (C=O) groups is 1. The molecule has 0 saturated carbocycles. The highest BCUT2D eigenvalue weighted by Gasteiger charge is 2.08. The molecule has 17 heavy (non-hydrogen) atoms. The molecule has 0 spiro atoms. The standard InChI is InChI=1S/C13H20N2O2/c1-3-14-10(2)7-13(17)15-12-6-4-5-11(8-12)9-16/h4-6,8,10,14,16H,3,7,9H2,1-2H3,(H,15,17). The van der Waals surface area contributed by atoms with Crippen LogP contribution in [0.5, 0.6) is 0 Å². The van der Waals surface area contributed by atoms with Crippen LogP contribution in [-0.4, -0.2) is 23.6 Å². The number of anilines is 1. The van der Waals surface area contributed by atoms with Crippen LogP contribution in [0.2, 0.25) is 0 Å². The van der Waals surface area contributed by atoms with Gasteiger partial charge >= 0.3 is 0 Å². The Morgan fingerprint density at radius 1 is 1.47 bits per heavy atom. The maximum Gasteiger partial charge on any atom is 0.225 e. The average molecular weight is 236 g/mol. The number of hydrogen-bond acceptors (Lipinski definition) is 3. The van der Waals surface area contributed by atoms with Gasteiger partial charge in [-0.15, -0.1) is 0 Å². The van der Waals surface area contributed by atoms with Gasteiger partial charge in [-0.2, -0.15) is 0 Å². The fourth-order valence-corrected chi connectivity index (χ4v) is 1.66. The summed E-state index contributed by atoms with van der Waals surface area (Å²) in [5.74, 6) is -0.0199. The molecule has 4 heteroatoms. The largest absolute Gasteiger partial charge is 0.392 e. The lowest BCUT2D eigenvalue weighted by Gasteiger charge is -2.12. The second-order valence-electron chi connectivity index (χ2n) is 4.07. The molecule has 94 valence electrons. The van der Waals surface area contributed by atoms with E-state index in [1.807, 2.05) is 32.0 Å². The van der Waals surface area contributed by atoms with E-state index in [4.69, 9.17) is 5.11 Å². The van der Waals surface area contributed by atoms with Crippen LogP contribution in [0.3, 0.4) is 0 Å². The van der Waals surface area contributed by atoms with Crippen LogP contribution in [0.1, 0.15) is 25.8 Å². The van der Waals surface area contributed by atoms with Gasteiger partial charge in [0.05, 0.1) is 6.61 Å². The maximum absolute atomic E-state index is 11.7. The smallest absolute Gasteiger partial charge is 0.225 e. The Hall–Kier alpha value is -1.39. The quantitative estimate of drug-likeness (QED) is 0.701. The van der Waals surface area contributed by atoms with Crippen molar-refractivity contribution in [3.05, 3.63) is 29.8 Å². The predicted octanol–water partition coefficient (Wildman–Crippen LogP) is 1.51. The summed E-state index contributed by atoms with van der Waals surface area (Å²) in [6, 6.07) is 7.39. The van der Waals surface area contributed by atoms with Crippen molar-refractivity contribution >= 4 is 11.6 Å². The molecule has 1 aromatic rings. The first kappa shape index (κ1) is 13.7. The highest BCUT2D eigenvalue weighted by atomic mass is 16.3. The van der Waals surface area contributed by atoms with Crippen LogP contribution >= 0.6 is 0 Å². The molecule has 0 radical (unpaired) electrons. The van der Waals surface area contributed by atoms with Gasteiger partial charge in [-0.25, -0.2) is 0 Å². The molecule has 0 aromatic heterocycles. The van der Waals surface area contributed by atoms with Crippen LogP contribution in [0.4, 0.5) is 5.69 Å². The first-order chi connectivity index (χ1) is 8.15. The molecule has 0 aliphatic carbocycles. The fraction of sp³-hybridized carbons (Fsp3) is 0.462. The van der Waals surface area contributed by atoms with Gasteiger partial charge in [0, 0.05) is 18.2 Å². The lowest BCUT2D eigenvalue weighted by Crippen LogP contribution is -2.30. The molecular formula is C13H20N2O2. The van der Waals surface area contributed by atoms with Crippen molar-refractivity contribution in [2.75, 3.05) is 11.9 Å². The summed E-state index contributed by atoms with van der Waals surface area (Å²) in [7, 11) is 0. The SMILES string of the molecule is CCNC(C)CC(=O)Nc1cccc(CO)c1. The van der Waals surface area contributed by atoms with Crippen molar-refractivity contribution < 1.29 is 9.90 Å². The third-order valence-corrected chi connectivity index (χ3v) is 2.44. The lowest BCUT2D eigenvalue weighted by atomic mass is 10.2. The molecule has 0 aliphatic heterocycles. The normalized spacial score (nSPS) is 12.2. The first-order valence-corrected chi connectivity index (χ1v) is 5.88. The van der Waals surface area contributed by atoms with E-state index in [1.54, 1.807) is 6.07 Å². The highest BCUT2D eigenvalue weighted by Crippen LogP contribution is 2.11. The third kappa shape index (κ3) is 4.97. The minimum Gasteiger partial charge on any atom is -0.392 e. The van der Waals surface area contributed by atoms with Crippen molar-refractivity contribution in [3.63, 3.8) is 0 Å². The molecule has 1 amide bonds. The van der Waals surface area contributed by atoms with Gasteiger partial charge in [-0.05, 0) is 31.2 Å². The summed E-state index contributed by atoms with van der Waals surface area (Å²) in [5, 5.41) is 15.0. The Balaban J connectivity index is 2.49. The molecule has 1 aromatic carbocycles. The monoisotopic (exact) mass is 236 g/mol. The van der Waals surface area contributed by atoms with E-state index in [9.17, 15) is 4.79 Å². The summed E-state index contributed by atoms with van der Waals surface area (Å²) >= 11 is 0. The van der Waals surface area contributed by atoms with Crippen molar-refractivity contribution in [2.45, 2.75) is 32.9 Å². The second kappa shape index (κ2) is 7.04. The molecule has 0 heterocycles. The van der Waals surface area contributed by atoms with E-state index in [0.717, 1.165) is 17.8 Å². The molecule has 0 fully saturated rings. The molecule has 3 N–H and O–H groups in total. The number of benzene rings is 1. The molecule has 4 nitrogen and oxygen atoms in total. The Kier molecular flexibility index (Phi) is 5.66. The van der Waals surface area contributed by atoms with E-state index < -0.39 is 0 Å². The number of amides is 1. The third-order valence-electron chi connectivity index (χ3n) is 2.44. The van der Waals surface area contributed by atoms with Crippen LogP contribution < -0.4 is 10.6 Å². The van der Waals surface area contributed by atoms with Gasteiger partial charge in [-0.1, -0.05) is 19.1 Å². The lowest BCUT2D eigenvalue weighted by molar-refractivity contribution is -0.116. The van der Waals surface area contributed by atoms with Crippen molar-refractivity contribution in [1.29, 1.82) is 0 Å². The zero-order valence-electron chi connectivity index (χ0n) is 10.4. The highest BCUT2D eigenvalue weighted by molar-refractivity contribution is 5.91. The van der Waals surface area contributed by atoms with Gasteiger partial charge in [0.25, 0.3) is 0 Å². The van der Waals surface area contributed by atoms with Gasteiger partial charge in [0.1, 0.15) is 0 Å². The fourth-order valence-electron chi connectivity index (χ4n) is 1.66. The van der Waals surface area contributed by atoms with Crippen molar-refractivity contribution in [2.24, 2.45) is 0 Å². The molecule has 1 atom stereocenters. The van der Waals surface area contributed by atoms with E-state index in [0.29, 0.717) is 6.42 Å². The minimum atomic E-state index is -0.0199. The Morgan fingerprint density at radius 2 is 2.24 bits per heavy atom. The van der Waals surface area contributed by atoms with Gasteiger partial charge in [0.2, 0.25) is 5.91 Å². The Bertz CT molecular complexity index is 366. The van der Waals surface area contributed by atoms with E-state index >= 15 is 0 Å². The Labute approximate surface area is 102 Å². The average Bonchev–Trinajstić information content (AvgIpc) is 2.29. The van der Waals surface area contributed by atoms with Gasteiger partial charge in [-0.3, -0.25) is 4.79 Å². The predicted molar refractivity (Wildman–Crippen MR) is 68.8 cm³/mol. The van der Waals surface area contributed by atoms with Crippen LogP contribution in [0.15, 0.2) is 24.3 Å². The summed E-state index contributed by atoms with van der Waals surface area (Å²) in [6.07, 6.45) is 0.442. The van der Waals surface area contributed by atoms with Gasteiger partial charge in [0.15, 0.2) is 0 Å². The second-order valence-corrected chi connectivity index (χ2v) is 4.07. The molecular weight excluding hydrogens is 216 g/mol. The zero-order valence-corrected chi connectivity index (χ0v) is 10.4. The summed E-state index contributed by atoms with van der Waals surface area (Å²) < 4.78 is 0. The molecule has 1 unspecified atom stereocenters. The maximum atomic E-state index is 11.7. The number of nitrogens with one attached hydrogen (secondary N) is 2. The number of hydrogen-bond donors (Lipinski definition) is 3. The minimum absolute atomic E-state index is 0.0164. The molecule has 0 bridgehead atoms. The summed E-state index contributed by atoms with van der Waals surface area (Å²) in [6.45, 7) is 4.83. The van der Waals surface area contributed by atoms with Crippen molar-refractivity contribution in [1.82, 2.24) is 5.32 Å². The summed E-state index contributed by atoms with van der Waals surface area (Å²) in [4.78, 5) is 11.7. The van der Waals surface area contributed by atoms with Crippen LogP contribution in [0.25, 0.3) is 0 Å². The number of rotatable bonds is 6. The van der Waals surface area contributed by atoms with E-state index in [-0.39, 0.29) is 18.6 Å². The van der Waals surface area contributed by atoms with E-state index in [1.165, 1.54) is 0 Å². The topological polar surface area (TPSA) is 61.4 Å². The van der Waals surface area contributed by atoms with Crippen molar-refractivity contribution in [3.8, 4) is 0 Å². The van der Waals surface area contributed by atoms with Crippen LogP contribution in [-0.2, 0) is 11.4 Å².